The molecule has 6 nitrogen and oxygen atoms in total. The van der Waals surface area contributed by atoms with E-state index < -0.39 is 5.92 Å². The lowest BCUT2D eigenvalue weighted by Crippen LogP contribution is -2.36. The van der Waals surface area contributed by atoms with E-state index in [-0.39, 0.29) is 5.78 Å². The summed E-state index contributed by atoms with van der Waals surface area (Å²) in [4.78, 5) is 14.8. The quantitative estimate of drug-likeness (QED) is 0.557. The predicted molar refractivity (Wildman–Crippen MR) is 130 cm³/mol. The van der Waals surface area contributed by atoms with Gasteiger partial charge in [0.25, 0.3) is 0 Å². The molecule has 2 N–H and O–H groups in total. The first-order chi connectivity index (χ1) is 15.8. The van der Waals surface area contributed by atoms with Crippen LogP contribution >= 0.6 is 27.5 Å². The monoisotopic (exact) mass is 527 g/mol. The van der Waals surface area contributed by atoms with Gasteiger partial charge in [-0.15, -0.1) is 0 Å². The molecule has 1 aliphatic carbocycles. The van der Waals surface area contributed by atoms with Crippen molar-refractivity contribution in [2.24, 2.45) is 5.73 Å². The second kappa shape index (κ2) is 9.50. The van der Waals surface area contributed by atoms with E-state index in [0.717, 1.165) is 29.7 Å². The van der Waals surface area contributed by atoms with Crippen LogP contribution in [0, 0.1) is 11.3 Å². The van der Waals surface area contributed by atoms with Crippen molar-refractivity contribution in [3.8, 4) is 17.6 Å². The van der Waals surface area contributed by atoms with Gasteiger partial charge in [0.2, 0.25) is 0 Å². The number of carbonyl (C=O) groups is 1. The lowest BCUT2D eigenvalue weighted by Gasteiger charge is -2.37. The van der Waals surface area contributed by atoms with Gasteiger partial charge in [0.15, 0.2) is 17.3 Å². The van der Waals surface area contributed by atoms with Gasteiger partial charge in [0.1, 0.15) is 12.4 Å². The Morgan fingerprint density at radius 3 is 2.67 bits per heavy atom. The minimum absolute atomic E-state index is 0.0477. The molecule has 0 unspecified atom stereocenters. The lowest BCUT2D eigenvalue weighted by molar-refractivity contribution is -0.116. The number of benzene rings is 2. The first-order valence-electron chi connectivity index (χ1n) is 10.5. The van der Waals surface area contributed by atoms with E-state index in [0.29, 0.717) is 51.0 Å². The molecule has 0 bridgehead atoms. The largest absolute Gasteiger partial charge is 0.493 e. The first kappa shape index (κ1) is 23.2. The SMILES string of the molecule is COc1cc([C@H]2C(C#N)=C(N)N(C)C3=C2C(=O)CCC3)cc(Br)c1OCc1ccc(Cl)cc1. The molecular formula is C25H23BrClN3O3. The second-order valence-electron chi connectivity index (χ2n) is 7.99. The third-order valence-corrected chi connectivity index (χ3v) is 6.89. The summed E-state index contributed by atoms with van der Waals surface area (Å²) in [5.74, 6) is 0.891. The van der Waals surface area contributed by atoms with Crippen LogP contribution in [0.3, 0.4) is 0 Å². The highest BCUT2D eigenvalue weighted by molar-refractivity contribution is 9.10. The maximum Gasteiger partial charge on any atom is 0.175 e. The number of rotatable bonds is 5. The van der Waals surface area contributed by atoms with Gasteiger partial charge in [0, 0.05) is 29.8 Å². The number of Topliss-reactive ketones (excluding diaryl/α,β-unsaturated/α-hetero) is 1. The summed E-state index contributed by atoms with van der Waals surface area (Å²) in [5, 5.41) is 10.6. The van der Waals surface area contributed by atoms with Crippen molar-refractivity contribution in [1.82, 2.24) is 4.90 Å². The van der Waals surface area contributed by atoms with Gasteiger partial charge in [-0.05, 0) is 64.2 Å². The van der Waals surface area contributed by atoms with Crippen LogP contribution in [0.4, 0.5) is 0 Å². The van der Waals surface area contributed by atoms with Gasteiger partial charge in [-0.1, -0.05) is 23.7 Å². The van der Waals surface area contributed by atoms with E-state index >= 15 is 0 Å². The van der Waals surface area contributed by atoms with E-state index in [4.69, 9.17) is 26.8 Å². The molecule has 170 valence electrons. The van der Waals surface area contributed by atoms with Gasteiger partial charge in [-0.2, -0.15) is 5.26 Å². The number of hydrogen-bond donors (Lipinski definition) is 1. The maximum atomic E-state index is 13.0. The van der Waals surface area contributed by atoms with E-state index in [2.05, 4.69) is 22.0 Å². The lowest BCUT2D eigenvalue weighted by atomic mass is 9.76. The Morgan fingerprint density at radius 2 is 2.00 bits per heavy atom. The summed E-state index contributed by atoms with van der Waals surface area (Å²) >= 11 is 9.56. The average Bonchev–Trinajstić information content (AvgIpc) is 2.81. The van der Waals surface area contributed by atoms with Crippen molar-refractivity contribution in [2.45, 2.75) is 31.8 Å². The van der Waals surface area contributed by atoms with Crippen LogP contribution in [-0.4, -0.2) is 24.8 Å². The van der Waals surface area contributed by atoms with Crippen molar-refractivity contribution in [1.29, 1.82) is 5.26 Å². The molecule has 1 aliphatic heterocycles. The topological polar surface area (TPSA) is 88.6 Å². The van der Waals surface area contributed by atoms with Crippen molar-refractivity contribution < 1.29 is 14.3 Å². The molecule has 0 radical (unpaired) electrons. The summed E-state index contributed by atoms with van der Waals surface area (Å²) in [6.45, 7) is 0.323. The molecule has 2 aliphatic rings. The molecule has 4 rings (SSSR count). The van der Waals surface area contributed by atoms with Crippen LogP contribution < -0.4 is 15.2 Å². The van der Waals surface area contributed by atoms with E-state index in [1.165, 1.54) is 0 Å². The summed E-state index contributed by atoms with van der Waals surface area (Å²) in [6.07, 6.45) is 1.98. The van der Waals surface area contributed by atoms with Crippen molar-refractivity contribution in [3.63, 3.8) is 0 Å². The molecule has 0 aromatic heterocycles. The highest BCUT2D eigenvalue weighted by atomic mass is 79.9. The normalized spacial score (nSPS) is 18.2. The number of ketones is 1. The maximum absolute atomic E-state index is 13.0. The van der Waals surface area contributed by atoms with E-state index in [9.17, 15) is 10.1 Å². The number of halogens is 2. The van der Waals surface area contributed by atoms with Gasteiger partial charge in [-0.3, -0.25) is 4.79 Å². The molecule has 2 aromatic carbocycles. The van der Waals surface area contributed by atoms with Crippen LogP contribution in [0.5, 0.6) is 11.5 Å². The molecule has 0 amide bonds. The number of ether oxygens (including phenoxy) is 2. The summed E-state index contributed by atoms with van der Waals surface area (Å²) in [6, 6.07) is 13.3. The fraction of sp³-hybridized carbons (Fsp3) is 0.280. The summed E-state index contributed by atoms with van der Waals surface area (Å²) in [7, 11) is 3.36. The summed E-state index contributed by atoms with van der Waals surface area (Å²) < 4.78 is 12.3. The Morgan fingerprint density at radius 1 is 1.27 bits per heavy atom. The number of nitrogens with zero attached hydrogens (tertiary/aromatic N) is 2. The Hall–Kier alpha value is -2.95. The van der Waals surface area contributed by atoms with Crippen LogP contribution in [0.25, 0.3) is 0 Å². The zero-order valence-electron chi connectivity index (χ0n) is 18.3. The number of allylic oxidation sites excluding steroid dienone is 3. The number of nitrogens with two attached hydrogens (primary N) is 1. The Balaban J connectivity index is 1.75. The standard InChI is InChI=1S/C25H23BrClN3O3/c1-30-19-4-3-5-20(31)23(19)22(17(12-28)25(30)29)15-10-18(26)24(21(11-15)32-2)33-13-14-6-8-16(27)9-7-14/h6-11,22H,3-5,13,29H2,1-2H3/t22-/m0/s1. The number of methoxy groups -OCH3 is 1. The van der Waals surface area contributed by atoms with Crippen LogP contribution in [0.15, 0.2) is 63.5 Å². The molecule has 1 heterocycles. The molecule has 1 atom stereocenters. The minimum Gasteiger partial charge on any atom is -0.493 e. The molecule has 33 heavy (non-hydrogen) atoms. The number of carbonyl (C=O) groups excluding carboxylic acids is 1. The molecule has 0 saturated carbocycles. The zero-order valence-corrected chi connectivity index (χ0v) is 20.7. The summed E-state index contributed by atoms with van der Waals surface area (Å²) in [5.41, 5.74) is 9.91. The van der Waals surface area contributed by atoms with Crippen LogP contribution in [0.2, 0.25) is 5.02 Å². The van der Waals surface area contributed by atoms with Crippen LogP contribution in [-0.2, 0) is 11.4 Å². The molecule has 8 heteroatoms. The molecule has 0 spiro atoms. The first-order valence-corrected chi connectivity index (χ1v) is 11.7. The average molecular weight is 529 g/mol. The highest BCUT2D eigenvalue weighted by Crippen LogP contribution is 2.47. The Kier molecular flexibility index (Phi) is 6.68. The fourth-order valence-electron chi connectivity index (χ4n) is 4.38. The van der Waals surface area contributed by atoms with Crippen molar-refractivity contribution >= 4 is 33.3 Å². The van der Waals surface area contributed by atoms with Crippen LogP contribution in [0.1, 0.15) is 36.3 Å². The second-order valence-corrected chi connectivity index (χ2v) is 9.28. The molecule has 0 saturated heterocycles. The van der Waals surface area contributed by atoms with Gasteiger partial charge >= 0.3 is 0 Å². The Bertz CT molecular complexity index is 1210. The van der Waals surface area contributed by atoms with E-state index in [1.807, 2.05) is 36.4 Å². The van der Waals surface area contributed by atoms with Gasteiger partial charge < -0.3 is 20.1 Å². The molecular weight excluding hydrogens is 506 g/mol. The third-order valence-electron chi connectivity index (χ3n) is 6.05. The minimum atomic E-state index is -0.551. The fourth-order valence-corrected chi connectivity index (χ4v) is 5.08. The van der Waals surface area contributed by atoms with Crippen molar-refractivity contribution in [2.75, 3.05) is 14.2 Å². The van der Waals surface area contributed by atoms with Gasteiger partial charge in [0.05, 0.1) is 29.1 Å². The Labute approximate surface area is 206 Å². The molecule has 0 fully saturated rings. The number of hydrogen-bond acceptors (Lipinski definition) is 6. The van der Waals surface area contributed by atoms with Gasteiger partial charge in [-0.25, -0.2) is 0 Å². The van der Waals surface area contributed by atoms with E-state index in [1.54, 1.807) is 19.1 Å². The highest BCUT2D eigenvalue weighted by Gasteiger charge is 2.39. The smallest absolute Gasteiger partial charge is 0.175 e. The predicted octanol–water partition coefficient (Wildman–Crippen LogP) is 5.42. The number of nitriles is 1. The third kappa shape index (κ3) is 4.33. The van der Waals surface area contributed by atoms with Crippen molar-refractivity contribution in [3.05, 3.63) is 79.7 Å². The zero-order chi connectivity index (χ0) is 23.7. The molecule has 2 aromatic rings.